The van der Waals surface area contributed by atoms with Gasteiger partial charge in [0, 0.05) is 20.9 Å². The lowest BCUT2D eigenvalue weighted by Crippen LogP contribution is -2.01. The van der Waals surface area contributed by atoms with Gasteiger partial charge in [-0.05, 0) is 11.6 Å². The minimum absolute atomic E-state index is 0.0977. The van der Waals surface area contributed by atoms with Crippen LogP contribution in [0.2, 0.25) is 0 Å². The van der Waals surface area contributed by atoms with Crippen LogP contribution in [0.3, 0.4) is 0 Å². The molecule has 10 heteroatoms. The summed E-state index contributed by atoms with van der Waals surface area (Å²) in [5, 5.41) is 5.26. The highest BCUT2D eigenvalue weighted by Crippen LogP contribution is 2.25. The lowest BCUT2D eigenvalue weighted by molar-refractivity contribution is 0.301. The Balaban J connectivity index is 1.82. The van der Waals surface area contributed by atoms with Crippen LogP contribution in [-0.4, -0.2) is 19.9 Å². The van der Waals surface area contributed by atoms with E-state index in [9.17, 15) is 0 Å². The summed E-state index contributed by atoms with van der Waals surface area (Å²) < 4.78 is 5.61. The number of hydrogen-bond donors (Lipinski definition) is 2. The first kappa shape index (κ1) is 12.2. The number of anilines is 1. The first-order valence-electron chi connectivity index (χ1n) is 5.48. The minimum atomic E-state index is 0.0977. The molecule has 0 bridgehead atoms. The van der Waals surface area contributed by atoms with E-state index in [0.717, 1.165) is 4.88 Å². The summed E-state index contributed by atoms with van der Waals surface area (Å²) in [5.41, 5.74) is 15.5. The Morgan fingerprint density at radius 1 is 1.50 bits per heavy atom. The first-order chi connectivity index (χ1) is 9.76. The molecule has 3 rings (SSSR count). The molecule has 0 amide bonds. The van der Waals surface area contributed by atoms with Crippen LogP contribution < -0.4 is 10.5 Å². The zero-order chi connectivity index (χ0) is 13.9. The Morgan fingerprint density at radius 3 is 3.25 bits per heavy atom. The molecule has 3 heterocycles. The largest absolute Gasteiger partial charge is 0.470 e. The Morgan fingerprint density at radius 2 is 2.40 bits per heavy atom. The van der Waals surface area contributed by atoms with E-state index >= 15 is 0 Å². The fraction of sp³-hybridized carbons (Fsp3) is 0.100. The number of thiophene rings is 1. The van der Waals surface area contributed by atoms with Crippen LogP contribution in [0, 0.1) is 0 Å². The predicted molar refractivity (Wildman–Crippen MR) is 73.6 cm³/mol. The van der Waals surface area contributed by atoms with Crippen molar-refractivity contribution in [1.82, 2.24) is 19.9 Å². The molecule has 20 heavy (non-hydrogen) atoms. The number of aromatic nitrogens is 4. The van der Waals surface area contributed by atoms with Crippen LogP contribution in [0.25, 0.3) is 21.6 Å². The zero-order valence-electron chi connectivity index (χ0n) is 10.0. The van der Waals surface area contributed by atoms with Gasteiger partial charge >= 0.3 is 0 Å². The van der Waals surface area contributed by atoms with Gasteiger partial charge in [-0.3, -0.25) is 0 Å². The lowest BCUT2D eigenvalue weighted by atomic mass is 10.4. The zero-order valence-corrected chi connectivity index (χ0v) is 10.8. The number of azide groups is 1. The summed E-state index contributed by atoms with van der Waals surface area (Å²) >= 11 is 1.43. The summed E-state index contributed by atoms with van der Waals surface area (Å²) in [5.74, 6) is 0.435. The summed E-state index contributed by atoms with van der Waals surface area (Å²) in [7, 11) is 0. The molecule has 3 aromatic rings. The van der Waals surface area contributed by atoms with Crippen LogP contribution >= 0.6 is 11.3 Å². The van der Waals surface area contributed by atoms with Crippen molar-refractivity contribution in [3.05, 3.63) is 33.1 Å². The minimum Gasteiger partial charge on any atom is -0.470 e. The summed E-state index contributed by atoms with van der Waals surface area (Å²) in [4.78, 5) is 18.5. The van der Waals surface area contributed by atoms with E-state index < -0.39 is 0 Å². The molecule has 0 radical (unpaired) electrons. The van der Waals surface area contributed by atoms with Crippen molar-refractivity contribution in [3.63, 3.8) is 0 Å². The van der Waals surface area contributed by atoms with E-state index in [4.69, 9.17) is 16.0 Å². The van der Waals surface area contributed by atoms with Crippen LogP contribution in [0.15, 0.2) is 22.9 Å². The van der Waals surface area contributed by atoms with Crippen molar-refractivity contribution < 1.29 is 4.74 Å². The van der Waals surface area contributed by atoms with Gasteiger partial charge in [0.05, 0.1) is 6.33 Å². The molecule has 3 aromatic heterocycles. The average Bonchev–Trinajstić information content (AvgIpc) is 3.05. The van der Waals surface area contributed by atoms with Gasteiger partial charge in [-0.15, -0.1) is 11.3 Å². The summed E-state index contributed by atoms with van der Waals surface area (Å²) in [6, 6.07) is 1.75. The molecule has 9 nitrogen and oxygen atoms in total. The molecular formula is C10H8N8OS. The van der Waals surface area contributed by atoms with Crippen molar-refractivity contribution in [3.8, 4) is 5.88 Å². The molecule has 100 valence electrons. The van der Waals surface area contributed by atoms with Gasteiger partial charge in [0.2, 0.25) is 11.8 Å². The third kappa shape index (κ3) is 2.32. The SMILES string of the molecule is [N-]=[N+]=Nc1csc(COc2nc(N)nc3nc[nH]c23)c1. The van der Waals surface area contributed by atoms with Gasteiger partial charge in [0.15, 0.2) is 5.65 Å². The van der Waals surface area contributed by atoms with E-state index in [1.54, 1.807) is 11.4 Å². The topological polar surface area (TPSA) is 138 Å². The highest BCUT2D eigenvalue weighted by molar-refractivity contribution is 7.10. The number of rotatable bonds is 4. The maximum atomic E-state index is 8.35. The number of nitrogens with two attached hydrogens (primary N) is 1. The quantitative estimate of drug-likeness (QED) is 0.431. The van der Waals surface area contributed by atoms with Crippen LogP contribution in [0.1, 0.15) is 4.88 Å². The van der Waals surface area contributed by atoms with Crippen molar-refractivity contribution in [2.45, 2.75) is 6.61 Å². The number of H-pyrrole nitrogens is 1. The summed E-state index contributed by atoms with van der Waals surface area (Å²) in [6.45, 7) is 0.288. The van der Waals surface area contributed by atoms with Gasteiger partial charge in [-0.1, -0.05) is 5.11 Å². The molecule has 0 fully saturated rings. The van der Waals surface area contributed by atoms with Crippen molar-refractivity contribution in [1.29, 1.82) is 0 Å². The third-order valence-electron chi connectivity index (χ3n) is 2.42. The molecular weight excluding hydrogens is 280 g/mol. The Labute approximate surface area is 116 Å². The average molecular weight is 288 g/mol. The number of ether oxygens (including phenoxy) is 1. The van der Waals surface area contributed by atoms with Gasteiger partial charge in [-0.25, -0.2) is 4.98 Å². The highest BCUT2D eigenvalue weighted by atomic mass is 32.1. The Hall–Kier alpha value is -2.84. The van der Waals surface area contributed by atoms with E-state index in [-0.39, 0.29) is 12.6 Å². The number of hydrogen-bond acceptors (Lipinski definition) is 7. The molecule has 0 unspecified atom stereocenters. The number of nitrogens with zero attached hydrogens (tertiary/aromatic N) is 6. The maximum absolute atomic E-state index is 8.35. The van der Waals surface area contributed by atoms with E-state index in [0.29, 0.717) is 22.7 Å². The molecule has 0 aliphatic heterocycles. The lowest BCUT2D eigenvalue weighted by Gasteiger charge is -2.04. The van der Waals surface area contributed by atoms with Crippen molar-refractivity contribution in [2.75, 3.05) is 5.73 Å². The van der Waals surface area contributed by atoms with Gasteiger partial charge in [0.25, 0.3) is 0 Å². The van der Waals surface area contributed by atoms with E-state index in [2.05, 4.69) is 30.0 Å². The highest BCUT2D eigenvalue weighted by Gasteiger charge is 2.10. The first-order valence-corrected chi connectivity index (χ1v) is 6.36. The molecule has 0 atom stereocenters. The molecule has 0 spiro atoms. The Kier molecular flexibility index (Phi) is 3.07. The predicted octanol–water partition coefficient (Wildman–Crippen LogP) is 2.52. The third-order valence-corrected chi connectivity index (χ3v) is 3.32. The molecule has 0 aromatic carbocycles. The second kappa shape index (κ2) is 5.03. The number of aromatic amines is 1. The van der Waals surface area contributed by atoms with Crippen molar-refractivity contribution in [2.24, 2.45) is 5.11 Å². The van der Waals surface area contributed by atoms with E-state index in [1.807, 2.05) is 0 Å². The molecule has 3 N–H and O–H groups in total. The van der Waals surface area contributed by atoms with Crippen LogP contribution in [0.5, 0.6) is 5.88 Å². The fourth-order valence-electron chi connectivity index (χ4n) is 1.62. The van der Waals surface area contributed by atoms with Gasteiger partial charge < -0.3 is 15.5 Å². The smallest absolute Gasteiger partial charge is 0.245 e. The van der Waals surface area contributed by atoms with Crippen LogP contribution in [-0.2, 0) is 6.61 Å². The normalized spacial score (nSPS) is 10.4. The van der Waals surface area contributed by atoms with Crippen molar-refractivity contribution >= 4 is 34.1 Å². The van der Waals surface area contributed by atoms with Gasteiger partial charge in [0.1, 0.15) is 12.1 Å². The Bertz CT molecular complexity index is 803. The molecule has 0 aliphatic rings. The standard InChI is InChI=1S/C10H8N8OS/c11-10-15-8-7(13-4-14-8)9(16-10)19-2-6-1-5(3-20-6)17-18-12/h1,3-4H,2H2,(H3,11,13,14,15,16). The van der Waals surface area contributed by atoms with Crippen LogP contribution in [0.4, 0.5) is 11.6 Å². The maximum Gasteiger partial charge on any atom is 0.245 e. The number of fused-ring (bicyclic) bond motifs is 1. The number of nitrogens with one attached hydrogen (secondary N) is 1. The molecule has 0 aliphatic carbocycles. The number of imidazole rings is 1. The van der Waals surface area contributed by atoms with E-state index in [1.165, 1.54) is 17.7 Å². The number of nitrogen functional groups attached to an aromatic ring is 1. The monoisotopic (exact) mass is 288 g/mol. The summed E-state index contributed by atoms with van der Waals surface area (Å²) in [6.07, 6.45) is 1.50. The second-order valence-corrected chi connectivity index (χ2v) is 4.73. The molecule has 0 saturated carbocycles. The van der Waals surface area contributed by atoms with Gasteiger partial charge in [-0.2, -0.15) is 9.97 Å². The molecule has 0 saturated heterocycles. The fourth-order valence-corrected chi connectivity index (χ4v) is 2.32. The second-order valence-electron chi connectivity index (χ2n) is 3.74.